The van der Waals surface area contributed by atoms with E-state index in [9.17, 15) is 14.7 Å². The maximum atomic E-state index is 12.6. The molecule has 0 bridgehead atoms. The summed E-state index contributed by atoms with van der Waals surface area (Å²) in [4.78, 5) is 26.8. The fourth-order valence-corrected chi connectivity index (χ4v) is 6.73. The molecule has 0 amide bonds. The van der Waals surface area contributed by atoms with Gasteiger partial charge in [0.15, 0.2) is 0 Å². The second-order valence-electron chi connectivity index (χ2n) is 7.87. The summed E-state index contributed by atoms with van der Waals surface area (Å²) >= 11 is -0.0554. The van der Waals surface area contributed by atoms with Gasteiger partial charge in [-0.3, -0.25) is 0 Å². The molecule has 1 fully saturated rings. The number of aliphatic hydroxyl groups is 1. The summed E-state index contributed by atoms with van der Waals surface area (Å²) < 4.78 is 8.83. The standard InChI is InChI=1S/C25H27N3O4Se/c1-17-15-28(25(31)27-23(17)30)24-22(33-19-12-6-3-7-13-19)21(20(16-29)32-24)26-14-8-11-18-9-4-2-5-10-18/h2-13,15,20-22,24,26,29H,14,16H2,1H3,(H,27,30,31)/b11-8+/t20-,21-,22-,24-/m1/s1. The molecule has 2 aromatic carbocycles. The Morgan fingerprint density at radius 2 is 1.82 bits per heavy atom. The molecule has 7 nitrogen and oxygen atoms in total. The number of aromatic nitrogens is 2. The van der Waals surface area contributed by atoms with Crippen molar-refractivity contribution in [3.8, 4) is 0 Å². The topological polar surface area (TPSA) is 96.3 Å². The van der Waals surface area contributed by atoms with Crippen LogP contribution in [-0.2, 0) is 4.74 Å². The zero-order valence-electron chi connectivity index (χ0n) is 18.3. The quantitative estimate of drug-likeness (QED) is 0.395. The third kappa shape index (κ3) is 5.61. The van der Waals surface area contributed by atoms with Gasteiger partial charge < -0.3 is 0 Å². The number of hydrogen-bond donors (Lipinski definition) is 3. The van der Waals surface area contributed by atoms with Crippen molar-refractivity contribution in [3.63, 3.8) is 0 Å². The zero-order valence-corrected chi connectivity index (χ0v) is 20.0. The number of H-pyrrole nitrogens is 1. The Balaban J connectivity index is 1.61. The number of aromatic amines is 1. The molecule has 1 saturated heterocycles. The van der Waals surface area contributed by atoms with Crippen LogP contribution in [0.25, 0.3) is 6.08 Å². The van der Waals surface area contributed by atoms with Gasteiger partial charge in [0.1, 0.15) is 0 Å². The first-order valence-electron chi connectivity index (χ1n) is 10.8. The molecule has 0 unspecified atom stereocenters. The van der Waals surface area contributed by atoms with Gasteiger partial charge in [0, 0.05) is 0 Å². The predicted octanol–water partition coefficient (Wildman–Crippen LogP) is 1.22. The Labute approximate surface area is 198 Å². The van der Waals surface area contributed by atoms with E-state index in [1.54, 1.807) is 13.1 Å². The number of benzene rings is 2. The molecule has 0 aliphatic carbocycles. The van der Waals surface area contributed by atoms with Crippen LogP contribution in [0.15, 0.2) is 82.5 Å². The monoisotopic (exact) mass is 513 g/mol. The molecule has 1 aliphatic rings. The van der Waals surface area contributed by atoms with Crippen molar-refractivity contribution in [2.45, 2.75) is 30.1 Å². The number of aryl methyl sites for hydroxylation is 1. The number of aliphatic hydroxyl groups excluding tert-OH is 1. The van der Waals surface area contributed by atoms with Gasteiger partial charge in [0.05, 0.1) is 0 Å². The minimum atomic E-state index is -0.596. The third-order valence-electron chi connectivity index (χ3n) is 5.55. The second-order valence-corrected chi connectivity index (χ2v) is 10.5. The molecule has 172 valence electrons. The van der Waals surface area contributed by atoms with Crippen molar-refractivity contribution in [2.75, 3.05) is 13.2 Å². The number of hydrogen-bond acceptors (Lipinski definition) is 5. The van der Waals surface area contributed by atoms with Gasteiger partial charge in [-0.1, -0.05) is 0 Å². The van der Waals surface area contributed by atoms with Crippen molar-refractivity contribution in [1.29, 1.82) is 0 Å². The van der Waals surface area contributed by atoms with Crippen LogP contribution in [0.2, 0.25) is 4.82 Å². The maximum absolute atomic E-state index is 12.6. The summed E-state index contributed by atoms with van der Waals surface area (Å²) in [5, 5.41) is 13.6. The SMILES string of the molecule is Cc1cn([C@@H]2O[C@H](CO)[C@@H](NC/C=C/c3ccccc3)[C@H]2[Se]c2ccccc2)c(=O)[nH]c1=O. The van der Waals surface area contributed by atoms with Crippen LogP contribution in [0.4, 0.5) is 0 Å². The van der Waals surface area contributed by atoms with Crippen LogP contribution >= 0.6 is 0 Å². The van der Waals surface area contributed by atoms with Gasteiger partial charge in [-0.05, 0) is 0 Å². The molecule has 1 aliphatic heterocycles. The molecule has 3 aromatic rings. The summed E-state index contributed by atoms with van der Waals surface area (Å²) in [5.41, 5.74) is 0.635. The first-order valence-corrected chi connectivity index (χ1v) is 12.7. The van der Waals surface area contributed by atoms with E-state index >= 15 is 0 Å². The van der Waals surface area contributed by atoms with E-state index in [-0.39, 0.29) is 32.4 Å². The van der Waals surface area contributed by atoms with Crippen molar-refractivity contribution in [2.24, 2.45) is 0 Å². The molecular weight excluding hydrogens is 485 g/mol. The Morgan fingerprint density at radius 3 is 2.52 bits per heavy atom. The predicted molar refractivity (Wildman–Crippen MR) is 130 cm³/mol. The van der Waals surface area contributed by atoms with Crippen molar-refractivity contribution in [1.82, 2.24) is 14.9 Å². The first-order chi connectivity index (χ1) is 16.1. The molecule has 0 spiro atoms. The molecular formula is C25H27N3O4Se. The van der Waals surface area contributed by atoms with E-state index < -0.39 is 23.6 Å². The van der Waals surface area contributed by atoms with Gasteiger partial charge >= 0.3 is 198 Å². The number of rotatable bonds is 8. The fraction of sp³-hybridized carbons (Fsp3) is 0.280. The zero-order chi connectivity index (χ0) is 23.2. The molecule has 3 N–H and O–H groups in total. The van der Waals surface area contributed by atoms with Crippen molar-refractivity contribution in [3.05, 3.63) is 105 Å². The van der Waals surface area contributed by atoms with E-state index in [0.717, 1.165) is 5.56 Å². The Hall–Kier alpha value is -2.74. The van der Waals surface area contributed by atoms with Gasteiger partial charge in [0.25, 0.3) is 0 Å². The van der Waals surface area contributed by atoms with E-state index in [1.807, 2.05) is 60.7 Å². The third-order valence-corrected chi connectivity index (χ3v) is 8.36. The van der Waals surface area contributed by atoms with E-state index in [2.05, 4.69) is 22.4 Å². The molecule has 4 rings (SSSR count). The van der Waals surface area contributed by atoms with Crippen molar-refractivity contribution >= 4 is 25.5 Å². The fourth-order valence-electron chi connectivity index (χ4n) is 3.88. The van der Waals surface area contributed by atoms with Crippen LogP contribution in [0.1, 0.15) is 17.4 Å². The van der Waals surface area contributed by atoms with Crippen LogP contribution in [0, 0.1) is 6.92 Å². The van der Waals surface area contributed by atoms with Gasteiger partial charge in [-0.15, -0.1) is 0 Å². The Kier molecular flexibility index (Phi) is 7.75. The molecule has 8 heteroatoms. The molecule has 1 aromatic heterocycles. The molecule has 0 saturated carbocycles. The Bertz CT molecular complexity index is 1190. The van der Waals surface area contributed by atoms with Gasteiger partial charge in [0.2, 0.25) is 0 Å². The summed E-state index contributed by atoms with van der Waals surface area (Å²) in [6.07, 6.45) is 4.56. The van der Waals surface area contributed by atoms with Crippen LogP contribution < -0.4 is 21.0 Å². The summed E-state index contributed by atoms with van der Waals surface area (Å²) in [7, 11) is 0. The number of nitrogens with zero attached hydrogens (tertiary/aromatic N) is 1. The number of ether oxygens (including phenoxy) is 1. The van der Waals surface area contributed by atoms with Gasteiger partial charge in [-0.25, -0.2) is 0 Å². The van der Waals surface area contributed by atoms with E-state index in [0.29, 0.717) is 12.1 Å². The first kappa shape index (κ1) is 23.4. The van der Waals surface area contributed by atoms with Crippen LogP contribution in [-0.4, -0.2) is 54.9 Å². The average molecular weight is 512 g/mol. The normalized spacial score (nSPS) is 22.7. The molecule has 2 heterocycles. The number of nitrogens with one attached hydrogen (secondary N) is 2. The summed E-state index contributed by atoms with van der Waals surface area (Å²) in [6.45, 7) is 2.08. The minimum absolute atomic E-state index is 0.0554. The molecule has 4 atom stereocenters. The van der Waals surface area contributed by atoms with E-state index in [4.69, 9.17) is 4.74 Å². The molecule has 33 heavy (non-hydrogen) atoms. The summed E-state index contributed by atoms with van der Waals surface area (Å²) in [5.74, 6) is 0. The van der Waals surface area contributed by atoms with Crippen molar-refractivity contribution < 1.29 is 9.84 Å². The van der Waals surface area contributed by atoms with E-state index in [1.165, 1.54) is 9.03 Å². The second kappa shape index (κ2) is 10.9. The van der Waals surface area contributed by atoms with Crippen LogP contribution in [0.3, 0.4) is 0 Å². The molecule has 0 radical (unpaired) electrons. The van der Waals surface area contributed by atoms with Gasteiger partial charge in [-0.2, -0.15) is 0 Å². The van der Waals surface area contributed by atoms with Crippen LogP contribution in [0.5, 0.6) is 0 Å². The Morgan fingerprint density at radius 1 is 1.12 bits per heavy atom. The average Bonchev–Trinajstić information content (AvgIpc) is 3.17. The summed E-state index contributed by atoms with van der Waals surface area (Å²) in [6, 6.07) is 20.0.